The van der Waals surface area contributed by atoms with Crippen molar-refractivity contribution in [2.75, 3.05) is 0 Å². The van der Waals surface area contributed by atoms with Crippen LogP contribution in [0.1, 0.15) is 31.4 Å². The average Bonchev–Trinajstić information content (AvgIpc) is 3.07. The molecular formula is C16H18FN3. The molecule has 0 radical (unpaired) electrons. The molecule has 0 saturated carbocycles. The van der Waals surface area contributed by atoms with Gasteiger partial charge in [0.25, 0.3) is 0 Å². The zero-order valence-electron chi connectivity index (χ0n) is 11.3. The number of hydrogen-bond acceptors (Lipinski definition) is 2. The number of hydrogen-bond donors (Lipinski definition) is 1. The zero-order valence-corrected chi connectivity index (χ0v) is 11.3. The van der Waals surface area contributed by atoms with Gasteiger partial charge in [0.2, 0.25) is 0 Å². The second-order valence-electron chi connectivity index (χ2n) is 5.98. The van der Waals surface area contributed by atoms with E-state index in [9.17, 15) is 0 Å². The van der Waals surface area contributed by atoms with E-state index in [1.807, 2.05) is 36.4 Å². The smallest absolute Gasteiger partial charge is 0.155 e. The number of fused-ring (bicyclic) bond motifs is 2. The highest BCUT2D eigenvalue weighted by molar-refractivity contribution is 5.34. The summed E-state index contributed by atoms with van der Waals surface area (Å²) in [6.45, 7) is 0. The van der Waals surface area contributed by atoms with Crippen molar-refractivity contribution < 1.29 is 4.39 Å². The number of piperidine rings is 1. The van der Waals surface area contributed by atoms with Crippen LogP contribution in [0, 0.1) is 0 Å². The van der Waals surface area contributed by atoms with Gasteiger partial charge in [-0.05, 0) is 31.0 Å². The number of halogens is 1. The van der Waals surface area contributed by atoms with Gasteiger partial charge in [-0.2, -0.15) is 5.10 Å². The minimum Gasteiger partial charge on any atom is -0.311 e. The Morgan fingerprint density at radius 2 is 1.80 bits per heavy atom. The van der Waals surface area contributed by atoms with E-state index >= 15 is 4.39 Å². The molecule has 4 heteroatoms. The minimum atomic E-state index is -1.26. The third-order valence-electron chi connectivity index (χ3n) is 4.58. The van der Waals surface area contributed by atoms with E-state index in [0.717, 1.165) is 18.5 Å². The fourth-order valence-electron chi connectivity index (χ4n) is 3.72. The summed E-state index contributed by atoms with van der Waals surface area (Å²) in [4.78, 5) is 0. The molecule has 2 aliphatic rings. The second kappa shape index (κ2) is 4.42. The van der Waals surface area contributed by atoms with Crippen molar-refractivity contribution in [3.8, 4) is 5.69 Å². The minimum absolute atomic E-state index is 0.317. The third-order valence-corrected chi connectivity index (χ3v) is 4.58. The van der Waals surface area contributed by atoms with E-state index in [0.29, 0.717) is 30.6 Å². The predicted octanol–water partition coefficient (Wildman–Crippen LogP) is 2.95. The molecular weight excluding hydrogens is 253 g/mol. The number of nitrogens with one attached hydrogen (secondary N) is 1. The van der Waals surface area contributed by atoms with Gasteiger partial charge in [0.15, 0.2) is 5.67 Å². The average molecular weight is 271 g/mol. The van der Waals surface area contributed by atoms with Gasteiger partial charge in [-0.1, -0.05) is 18.2 Å². The number of alkyl halides is 1. The lowest BCUT2D eigenvalue weighted by atomic mass is 9.86. The fraction of sp³-hybridized carbons (Fsp3) is 0.438. The first-order valence-electron chi connectivity index (χ1n) is 7.29. The SMILES string of the molecule is FC1(c2ccnn2-c2ccccc2)CC2CCC(C1)N2. The van der Waals surface area contributed by atoms with Crippen LogP contribution >= 0.6 is 0 Å². The molecule has 2 aliphatic heterocycles. The first-order chi connectivity index (χ1) is 9.74. The highest BCUT2D eigenvalue weighted by Gasteiger charge is 2.46. The van der Waals surface area contributed by atoms with Gasteiger partial charge in [-0.25, -0.2) is 9.07 Å². The van der Waals surface area contributed by atoms with Gasteiger partial charge >= 0.3 is 0 Å². The van der Waals surface area contributed by atoms with E-state index in [2.05, 4.69) is 10.4 Å². The van der Waals surface area contributed by atoms with Gasteiger partial charge in [0, 0.05) is 31.1 Å². The van der Waals surface area contributed by atoms with E-state index in [-0.39, 0.29) is 0 Å². The van der Waals surface area contributed by atoms with Crippen molar-refractivity contribution in [2.45, 2.75) is 43.4 Å². The van der Waals surface area contributed by atoms with Gasteiger partial charge in [-0.15, -0.1) is 0 Å². The van der Waals surface area contributed by atoms with Crippen LogP contribution in [0.25, 0.3) is 5.69 Å². The molecule has 0 spiro atoms. The number of para-hydroxylation sites is 1. The Bertz CT molecular complexity index is 595. The molecule has 3 heterocycles. The summed E-state index contributed by atoms with van der Waals surface area (Å²) in [5.41, 5.74) is 0.362. The molecule has 3 nitrogen and oxygen atoms in total. The van der Waals surface area contributed by atoms with E-state index in [4.69, 9.17) is 0 Å². The monoisotopic (exact) mass is 271 g/mol. The molecule has 20 heavy (non-hydrogen) atoms. The quantitative estimate of drug-likeness (QED) is 0.910. The summed E-state index contributed by atoms with van der Waals surface area (Å²) >= 11 is 0. The largest absolute Gasteiger partial charge is 0.311 e. The lowest BCUT2D eigenvalue weighted by Crippen LogP contribution is -2.45. The van der Waals surface area contributed by atoms with E-state index < -0.39 is 5.67 Å². The Balaban J connectivity index is 1.74. The van der Waals surface area contributed by atoms with Crippen LogP contribution in [0.5, 0.6) is 0 Å². The van der Waals surface area contributed by atoms with Crippen molar-refractivity contribution in [3.63, 3.8) is 0 Å². The van der Waals surface area contributed by atoms with Crippen molar-refractivity contribution in [1.29, 1.82) is 0 Å². The number of rotatable bonds is 2. The number of benzene rings is 1. The summed E-state index contributed by atoms with van der Waals surface area (Å²) in [7, 11) is 0. The molecule has 2 aromatic rings. The molecule has 1 N–H and O–H groups in total. The molecule has 2 bridgehead atoms. The maximum atomic E-state index is 15.5. The molecule has 2 fully saturated rings. The molecule has 2 unspecified atom stereocenters. The van der Waals surface area contributed by atoms with Crippen molar-refractivity contribution in [2.24, 2.45) is 0 Å². The van der Waals surface area contributed by atoms with Gasteiger partial charge in [0.05, 0.1) is 11.4 Å². The van der Waals surface area contributed by atoms with Gasteiger partial charge in [-0.3, -0.25) is 0 Å². The van der Waals surface area contributed by atoms with Gasteiger partial charge < -0.3 is 5.32 Å². The standard InChI is InChI=1S/C16H18FN3/c17-16(10-12-6-7-13(11-16)19-12)15-8-9-18-20(15)14-4-2-1-3-5-14/h1-5,8-9,12-13,19H,6-7,10-11H2. The summed E-state index contributed by atoms with van der Waals surface area (Å²) < 4.78 is 17.3. The van der Waals surface area contributed by atoms with Crippen molar-refractivity contribution >= 4 is 0 Å². The van der Waals surface area contributed by atoms with Crippen molar-refractivity contribution in [3.05, 3.63) is 48.3 Å². The molecule has 2 atom stereocenters. The van der Waals surface area contributed by atoms with Gasteiger partial charge in [0.1, 0.15) is 0 Å². The van der Waals surface area contributed by atoms with E-state index in [1.54, 1.807) is 10.9 Å². The Hall–Kier alpha value is -1.68. The highest BCUT2D eigenvalue weighted by atomic mass is 19.1. The topological polar surface area (TPSA) is 29.9 Å². The Morgan fingerprint density at radius 3 is 2.50 bits per heavy atom. The van der Waals surface area contributed by atoms with Crippen LogP contribution in [0.2, 0.25) is 0 Å². The molecule has 0 aliphatic carbocycles. The highest BCUT2D eigenvalue weighted by Crippen LogP contribution is 2.44. The lowest BCUT2D eigenvalue weighted by Gasteiger charge is -2.35. The first kappa shape index (κ1) is 12.1. The maximum absolute atomic E-state index is 15.5. The van der Waals surface area contributed by atoms with Crippen LogP contribution in [0.4, 0.5) is 4.39 Å². The third kappa shape index (κ3) is 1.86. The predicted molar refractivity (Wildman–Crippen MR) is 75.5 cm³/mol. The molecule has 1 aromatic heterocycles. The second-order valence-corrected chi connectivity index (χ2v) is 5.98. The number of nitrogens with zero attached hydrogens (tertiary/aromatic N) is 2. The summed E-state index contributed by atoms with van der Waals surface area (Å²) in [5, 5.41) is 7.83. The van der Waals surface area contributed by atoms with Crippen molar-refractivity contribution in [1.82, 2.24) is 15.1 Å². The molecule has 4 rings (SSSR count). The normalized spacial score (nSPS) is 32.5. The Kier molecular flexibility index (Phi) is 2.67. The van der Waals surface area contributed by atoms with Crippen LogP contribution in [-0.2, 0) is 5.67 Å². The first-order valence-corrected chi connectivity index (χ1v) is 7.29. The fourth-order valence-corrected chi connectivity index (χ4v) is 3.72. The Morgan fingerprint density at radius 1 is 1.10 bits per heavy atom. The van der Waals surface area contributed by atoms with Crippen LogP contribution in [-0.4, -0.2) is 21.9 Å². The summed E-state index contributed by atoms with van der Waals surface area (Å²) in [6.07, 6.45) is 5.00. The van der Waals surface area contributed by atoms with Crippen LogP contribution < -0.4 is 5.32 Å². The number of aromatic nitrogens is 2. The Labute approximate surface area is 117 Å². The van der Waals surface area contributed by atoms with Crippen LogP contribution in [0.3, 0.4) is 0 Å². The molecule has 104 valence electrons. The molecule has 2 saturated heterocycles. The molecule has 1 aromatic carbocycles. The lowest BCUT2D eigenvalue weighted by molar-refractivity contribution is 0.0799. The van der Waals surface area contributed by atoms with E-state index in [1.165, 1.54) is 0 Å². The zero-order chi connectivity index (χ0) is 13.6. The summed E-state index contributed by atoms with van der Waals surface area (Å²) in [5.74, 6) is 0. The van der Waals surface area contributed by atoms with Crippen LogP contribution in [0.15, 0.2) is 42.6 Å². The summed E-state index contributed by atoms with van der Waals surface area (Å²) in [6, 6.07) is 12.3. The maximum Gasteiger partial charge on any atom is 0.155 e. The molecule has 0 amide bonds.